The monoisotopic (exact) mass is 262 g/mol. The van der Waals surface area contributed by atoms with Crippen LogP contribution in [0.15, 0.2) is 24.3 Å². The van der Waals surface area contributed by atoms with Crippen molar-refractivity contribution in [2.24, 2.45) is 11.1 Å². The van der Waals surface area contributed by atoms with Crippen LogP contribution < -0.4 is 10.5 Å². The van der Waals surface area contributed by atoms with Crippen LogP contribution in [0.2, 0.25) is 0 Å². The molecule has 2 N–H and O–H groups in total. The third-order valence-electron chi connectivity index (χ3n) is 3.72. The molecule has 0 unspecified atom stereocenters. The highest BCUT2D eigenvalue weighted by Crippen LogP contribution is 2.45. The quantitative estimate of drug-likeness (QED) is 0.852. The first-order valence-electron chi connectivity index (χ1n) is 6.78. The number of nitrogens with two attached hydrogens (primary N) is 1. The normalized spacial score (nSPS) is 15.9. The average molecular weight is 262 g/mol. The molecule has 19 heavy (non-hydrogen) atoms. The van der Waals surface area contributed by atoms with E-state index in [-0.39, 0.29) is 11.3 Å². The Morgan fingerprint density at radius 3 is 2.47 bits per heavy atom. The Hall–Kier alpha value is -1.55. The smallest absolute Gasteiger partial charge is 0.253 e. The summed E-state index contributed by atoms with van der Waals surface area (Å²) < 4.78 is 5.37. The van der Waals surface area contributed by atoms with Gasteiger partial charge in [0.25, 0.3) is 5.91 Å². The van der Waals surface area contributed by atoms with E-state index in [1.54, 1.807) is 4.90 Å². The molecule has 1 aromatic rings. The molecule has 4 heteroatoms. The fraction of sp³-hybridized carbons (Fsp3) is 0.533. The van der Waals surface area contributed by atoms with E-state index in [9.17, 15) is 4.79 Å². The minimum atomic E-state index is 0.0442. The molecule has 4 nitrogen and oxygen atoms in total. The standard InChI is InChI=1S/C15H22N2O2/c1-3-19-13-6-4-12(5-7-13)14(18)17(2)11-15(10-16)8-9-15/h4-7H,3,8-11,16H2,1-2H3. The summed E-state index contributed by atoms with van der Waals surface area (Å²) in [5.41, 5.74) is 6.62. The highest BCUT2D eigenvalue weighted by molar-refractivity contribution is 5.94. The predicted octanol–water partition coefficient (Wildman–Crippen LogP) is 1.90. The highest BCUT2D eigenvalue weighted by atomic mass is 16.5. The lowest BCUT2D eigenvalue weighted by molar-refractivity contribution is 0.0766. The zero-order valence-corrected chi connectivity index (χ0v) is 11.7. The van der Waals surface area contributed by atoms with E-state index in [0.717, 1.165) is 25.1 Å². The molecule has 0 atom stereocenters. The first kappa shape index (κ1) is 13.9. The summed E-state index contributed by atoms with van der Waals surface area (Å²) >= 11 is 0. The van der Waals surface area contributed by atoms with E-state index in [4.69, 9.17) is 10.5 Å². The lowest BCUT2D eigenvalue weighted by atomic mass is 10.1. The van der Waals surface area contributed by atoms with Crippen molar-refractivity contribution in [3.05, 3.63) is 29.8 Å². The summed E-state index contributed by atoms with van der Waals surface area (Å²) in [6.45, 7) is 3.98. The number of hydrogen-bond donors (Lipinski definition) is 1. The minimum Gasteiger partial charge on any atom is -0.494 e. The van der Waals surface area contributed by atoms with Gasteiger partial charge in [0.15, 0.2) is 0 Å². The van der Waals surface area contributed by atoms with Gasteiger partial charge < -0.3 is 15.4 Å². The summed E-state index contributed by atoms with van der Waals surface area (Å²) in [5, 5.41) is 0. The van der Waals surface area contributed by atoms with Gasteiger partial charge in [0.2, 0.25) is 0 Å². The number of carbonyl (C=O) groups is 1. The molecule has 1 fully saturated rings. The molecule has 2 rings (SSSR count). The number of carbonyl (C=O) groups excluding carboxylic acids is 1. The summed E-state index contributed by atoms with van der Waals surface area (Å²) in [6, 6.07) is 7.29. The van der Waals surface area contributed by atoms with Crippen molar-refractivity contribution in [2.45, 2.75) is 19.8 Å². The number of nitrogens with zero attached hydrogens (tertiary/aromatic N) is 1. The number of ether oxygens (including phenoxy) is 1. The van der Waals surface area contributed by atoms with Crippen LogP contribution in [0.4, 0.5) is 0 Å². The molecule has 104 valence electrons. The summed E-state index contributed by atoms with van der Waals surface area (Å²) in [5.74, 6) is 0.838. The van der Waals surface area contributed by atoms with Gasteiger partial charge in [-0.05, 0) is 50.6 Å². The zero-order valence-electron chi connectivity index (χ0n) is 11.7. The second-order valence-electron chi connectivity index (χ2n) is 5.32. The minimum absolute atomic E-state index is 0.0442. The van der Waals surface area contributed by atoms with Crippen molar-refractivity contribution < 1.29 is 9.53 Å². The van der Waals surface area contributed by atoms with Crippen LogP contribution in [0.3, 0.4) is 0 Å². The third kappa shape index (κ3) is 3.26. The summed E-state index contributed by atoms with van der Waals surface area (Å²) in [6.07, 6.45) is 2.26. The molecule has 0 heterocycles. The van der Waals surface area contributed by atoms with Crippen LogP contribution in [-0.2, 0) is 0 Å². The van der Waals surface area contributed by atoms with Gasteiger partial charge in [-0.1, -0.05) is 0 Å². The zero-order chi connectivity index (χ0) is 13.9. The maximum Gasteiger partial charge on any atom is 0.253 e. The predicted molar refractivity (Wildman–Crippen MR) is 75.3 cm³/mol. The van der Waals surface area contributed by atoms with Crippen LogP contribution in [0.5, 0.6) is 5.75 Å². The van der Waals surface area contributed by atoms with E-state index in [2.05, 4.69) is 0 Å². The van der Waals surface area contributed by atoms with Gasteiger partial charge in [0.1, 0.15) is 5.75 Å². The lowest BCUT2D eigenvalue weighted by Crippen LogP contribution is -2.35. The molecule has 0 radical (unpaired) electrons. The lowest BCUT2D eigenvalue weighted by Gasteiger charge is -2.23. The van der Waals surface area contributed by atoms with Gasteiger partial charge in [0, 0.05) is 24.6 Å². The van der Waals surface area contributed by atoms with Crippen molar-refractivity contribution >= 4 is 5.91 Å². The first-order chi connectivity index (χ1) is 9.10. The van der Waals surface area contributed by atoms with Crippen LogP contribution in [0.25, 0.3) is 0 Å². The van der Waals surface area contributed by atoms with Gasteiger partial charge in [0.05, 0.1) is 6.61 Å². The topological polar surface area (TPSA) is 55.6 Å². The summed E-state index contributed by atoms with van der Waals surface area (Å²) in [7, 11) is 1.84. The molecular weight excluding hydrogens is 240 g/mol. The van der Waals surface area contributed by atoms with Crippen LogP contribution in [0, 0.1) is 5.41 Å². The van der Waals surface area contributed by atoms with E-state index < -0.39 is 0 Å². The molecule has 0 saturated heterocycles. The maximum atomic E-state index is 12.3. The van der Waals surface area contributed by atoms with Gasteiger partial charge >= 0.3 is 0 Å². The molecule has 1 aliphatic rings. The first-order valence-corrected chi connectivity index (χ1v) is 6.78. The van der Waals surface area contributed by atoms with Crippen LogP contribution in [0.1, 0.15) is 30.1 Å². The van der Waals surface area contributed by atoms with E-state index >= 15 is 0 Å². The van der Waals surface area contributed by atoms with Crippen molar-refractivity contribution in [3.8, 4) is 5.75 Å². The Bertz CT molecular complexity index is 438. The molecule has 1 aromatic carbocycles. The second kappa shape index (κ2) is 5.61. The largest absolute Gasteiger partial charge is 0.494 e. The molecule has 1 saturated carbocycles. The Balaban J connectivity index is 1.98. The number of amides is 1. The maximum absolute atomic E-state index is 12.3. The number of benzene rings is 1. The van der Waals surface area contributed by atoms with E-state index in [1.165, 1.54) is 0 Å². The van der Waals surface area contributed by atoms with Crippen LogP contribution in [-0.4, -0.2) is 37.6 Å². The molecular formula is C15H22N2O2. The van der Waals surface area contributed by atoms with Gasteiger partial charge in [-0.2, -0.15) is 0 Å². The molecule has 0 spiro atoms. The van der Waals surface area contributed by atoms with E-state index in [0.29, 0.717) is 18.7 Å². The fourth-order valence-electron chi connectivity index (χ4n) is 2.26. The Morgan fingerprint density at radius 1 is 1.37 bits per heavy atom. The molecule has 0 bridgehead atoms. The number of hydrogen-bond acceptors (Lipinski definition) is 3. The average Bonchev–Trinajstić information content (AvgIpc) is 3.19. The van der Waals surface area contributed by atoms with Gasteiger partial charge in [-0.15, -0.1) is 0 Å². The Kier molecular flexibility index (Phi) is 4.10. The van der Waals surface area contributed by atoms with Crippen molar-refractivity contribution in [1.29, 1.82) is 0 Å². The Labute approximate surface area is 114 Å². The summed E-state index contributed by atoms with van der Waals surface area (Å²) in [4.78, 5) is 14.1. The molecule has 1 aliphatic carbocycles. The number of rotatable bonds is 6. The van der Waals surface area contributed by atoms with Crippen LogP contribution >= 0.6 is 0 Å². The van der Waals surface area contributed by atoms with Gasteiger partial charge in [-0.3, -0.25) is 4.79 Å². The van der Waals surface area contributed by atoms with Crippen molar-refractivity contribution in [1.82, 2.24) is 4.90 Å². The highest BCUT2D eigenvalue weighted by Gasteiger charge is 2.42. The fourth-order valence-corrected chi connectivity index (χ4v) is 2.26. The van der Waals surface area contributed by atoms with Crippen molar-refractivity contribution in [3.63, 3.8) is 0 Å². The molecule has 0 aliphatic heterocycles. The SMILES string of the molecule is CCOc1ccc(C(=O)N(C)CC2(CN)CC2)cc1. The van der Waals surface area contributed by atoms with Gasteiger partial charge in [-0.25, -0.2) is 0 Å². The molecule has 0 aromatic heterocycles. The van der Waals surface area contributed by atoms with E-state index in [1.807, 2.05) is 38.2 Å². The molecule has 1 amide bonds. The second-order valence-corrected chi connectivity index (χ2v) is 5.32. The Morgan fingerprint density at radius 2 is 2.00 bits per heavy atom. The van der Waals surface area contributed by atoms with Crippen molar-refractivity contribution in [2.75, 3.05) is 26.7 Å². The third-order valence-corrected chi connectivity index (χ3v) is 3.72.